The van der Waals surface area contributed by atoms with Crippen LogP contribution in [0.5, 0.6) is 5.75 Å². The van der Waals surface area contributed by atoms with E-state index >= 15 is 0 Å². The van der Waals surface area contributed by atoms with Crippen LogP contribution in [0.1, 0.15) is 36.8 Å². The van der Waals surface area contributed by atoms with E-state index in [1.807, 2.05) is 0 Å². The Labute approximate surface area is 185 Å². The van der Waals surface area contributed by atoms with Crippen molar-refractivity contribution in [2.45, 2.75) is 38.3 Å². The molecule has 2 N–H and O–H groups in total. The number of aliphatic carboxylic acids is 1. The van der Waals surface area contributed by atoms with E-state index in [1.165, 1.54) is 0 Å². The number of hydrogen-bond acceptors (Lipinski definition) is 3. The van der Waals surface area contributed by atoms with Crippen LogP contribution >= 0.6 is 23.2 Å². The number of likely N-dealkylation sites (tertiary alicyclic amines) is 1. The molecule has 1 fully saturated rings. The Hall–Kier alpha value is -2.44. The molecule has 0 radical (unpaired) electrons. The first-order valence-corrected chi connectivity index (χ1v) is 10.5. The first-order chi connectivity index (χ1) is 14.3. The van der Waals surface area contributed by atoms with Crippen LogP contribution in [-0.4, -0.2) is 41.2 Å². The number of amides is 2. The highest BCUT2D eigenvalue weighted by Crippen LogP contribution is 2.23. The Morgan fingerprint density at radius 1 is 1.17 bits per heavy atom. The highest BCUT2D eigenvalue weighted by Gasteiger charge is 2.24. The van der Waals surface area contributed by atoms with E-state index in [0.717, 1.165) is 24.0 Å². The van der Waals surface area contributed by atoms with Crippen molar-refractivity contribution in [3.05, 3.63) is 63.6 Å². The summed E-state index contributed by atoms with van der Waals surface area (Å²) in [5.41, 5.74) is 1.55. The number of urea groups is 1. The molecular formula is C22H24Cl2N2O4. The van der Waals surface area contributed by atoms with E-state index in [1.54, 1.807) is 54.3 Å². The molecule has 2 aromatic carbocycles. The van der Waals surface area contributed by atoms with Crippen LogP contribution in [0.4, 0.5) is 4.79 Å². The van der Waals surface area contributed by atoms with E-state index in [9.17, 15) is 9.59 Å². The van der Waals surface area contributed by atoms with Gasteiger partial charge in [0, 0.05) is 42.5 Å². The molecule has 0 aliphatic carbocycles. The van der Waals surface area contributed by atoms with Gasteiger partial charge in [-0.15, -0.1) is 0 Å². The number of carbonyl (C=O) groups excluding carboxylic acids is 1. The number of piperidine rings is 1. The Kier molecular flexibility index (Phi) is 7.45. The fraction of sp³-hybridized carbons (Fsp3) is 0.364. The number of carboxylic acids is 1. The summed E-state index contributed by atoms with van der Waals surface area (Å²) in [7, 11) is 0. The van der Waals surface area contributed by atoms with Crippen molar-refractivity contribution in [2.75, 3.05) is 13.1 Å². The monoisotopic (exact) mass is 450 g/mol. The fourth-order valence-corrected chi connectivity index (χ4v) is 3.77. The first kappa shape index (κ1) is 22.2. The number of benzene rings is 2. The molecule has 1 aliphatic heterocycles. The van der Waals surface area contributed by atoms with Crippen LogP contribution in [0.3, 0.4) is 0 Å². The SMILES string of the molecule is CC(C(=O)O)c1ccc(OC2CCN(C(=O)NCc3ccc(Cl)cc3Cl)CC2)cc1. The van der Waals surface area contributed by atoms with Gasteiger partial charge in [0.15, 0.2) is 0 Å². The second kappa shape index (κ2) is 10.0. The molecule has 0 aromatic heterocycles. The summed E-state index contributed by atoms with van der Waals surface area (Å²) >= 11 is 12.0. The maximum absolute atomic E-state index is 12.4. The van der Waals surface area contributed by atoms with Crippen LogP contribution in [0.2, 0.25) is 10.0 Å². The number of rotatable bonds is 6. The first-order valence-electron chi connectivity index (χ1n) is 9.79. The second-order valence-corrected chi connectivity index (χ2v) is 8.17. The smallest absolute Gasteiger partial charge is 0.317 e. The van der Waals surface area contributed by atoms with Crippen LogP contribution in [0.15, 0.2) is 42.5 Å². The molecule has 1 aliphatic rings. The lowest BCUT2D eigenvalue weighted by molar-refractivity contribution is -0.138. The Morgan fingerprint density at radius 3 is 2.43 bits per heavy atom. The summed E-state index contributed by atoms with van der Waals surface area (Å²) < 4.78 is 6.00. The van der Waals surface area contributed by atoms with Gasteiger partial charge in [-0.1, -0.05) is 41.4 Å². The predicted molar refractivity (Wildman–Crippen MR) is 116 cm³/mol. The summed E-state index contributed by atoms with van der Waals surface area (Å²) in [6.45, 7) is 3.18. The van der Waals surface area contributed by atoms with Crippen molar-refractivity contribution in [1.82, 2.24) is 10.2 Å². The van der Waals surface area contributed by atoms with Gasteiger partial charge in [0.25, 0.3) is 0 Å². The zero-order valence-electron chi connectivity index (χ0n) is 16.6. The summed E-state index contributed by atoms with van der Waals surface area (Å²) in [4.78, 5) is 25.3. The van der Waals surface area contributed by atoms with E-state index < -0.39 is 11.9 Å². The number of nitrogens with zero attached hydrogens (tertiary/aromatic N) is 1. The van der Waals surface area contributed by atoms with E-state index in [4.69, 9.17) is 33.0 Å². The Morgan fingerprint density at radius 2 is 1.83 bits per heavy atom. The van der Waals surface area contributed by atoms with Crippen LogP contribution in [0, 0.1) is 0 Å². The van der Waals surface area contributed by atoms with Crippen molar-refractivity contribution in [3.8, 4) is 5.75 Å². The molecule has 160 valence electrons. The molecule has 8 heteroatoms. The lowest BCUT2D eigenvalue weighted by Crippen LogP contribution is -2.46. The topological polar surface area (TPSA) is 78.9 Å². The molecule has 0 spiro atoms. The number of carbonyl (C=O) groups is 2. The minimum atomic E-state index is -0.854. The highest BCUT2D eigenvalue weighted by molar-refractivity contribution is 6.35. The maximum Gasteiger partial charge on any atom is 0.317 e. The summed E-state index contributed by atoms with van der Waals surface area (Å²) in [5.74, 6) is -0.701. The zero-order valence-corrected chi connectivity index (χ0v) is 18.1. The lowest BCUT2D eigenvalue weighted by Gasteiger charge is -2.32. The van der Waals surface area contributed by atoms with E-state index in [0.29, 0.717) is 35.4 Å². The van der Waals surface area contributed by atoms with Gasteiger partial charge in [-0.25, -0.2) is 4.79 Å². The highest BCUT2D eigenvalue weighted by atomic mass is 35.5. The molecular weight excluding hydrogens is 427 g/mol. The third-order valence-corrected chi connectivity index (χ3v) is 5.81. The predicted octanol–water partition coefficient (Wildman–Crippen LogP) is 4.93. The molecule has 3 rings (SSSR count). The van der Waals surface area contributed by atoms with E-state index in [-0.39, 0.29) is 12.1 Å². The number of carboxylic acid groups (broad SMARTS) is 1. The number of ether oxygens (including phenoxy) is 1. The Bertz CT molecular complexity index is 897. The standard InChI is InChI=1S/C22H24Cl2N2O4/c1-14(21(27)28)15-3-6-18(7-4-15)30-19-8-10-26(11-9-19)22(29)25-13-16-2-5-17(23)12-20(16)24/h2-7,12,14,19H,8-11,13H2,1H3,(H,25,29)(H,27,28). The molecule has 1 saturated heterocycles. The molecule has 1 unspecified atom stereocenters. The molecule has 6 nitrogen and oxygen atoms in total. The molecule has 2 aromatic rings. The number of hydrogen-bond donors (Lipinski definition) is 2. The van der Waals surface area contributed by atoms with Gasteiger partial charge < -0.3 is 20.1 Å². The molecule has 1 atom stereocenters. The van der Waals surface area contributed by atoms with Crippen molar-refractivity contribution in [1.29, 1.82) is 0 Å². The molecule has 2 amide bonds. The van der Waals surface area contributed by atoms with Gasteiger partial charge in [0.05, 0.1) is 5.92 Å². The molecule has 0 saturated carbocycles. The van der Waals surface area contributed by atoms with E-state index in [2.05, 4.69) is 5.32 Å². The molecule has 0 bridgehead atoms. The lowest BCUT2D eigenvalue weighted by atomic mass is 10.0. The quantitative estimate of drug-likeness (QED) is 0.653. The summed E-state index contributed by atoms with van der Waals surface area (Å²) in [6.07, 6.45) is 1.47. The Balaban J connectivity index is 1.45. The van der Waals surface area contributed by atoms with Crippen molar-refractivity contribution in [3.63, 3.8) is 0 Å². The average molecular weight is 451 g/mol. The number of nitrogens with one attached hydrogen (secondary N) is 1. The summed E-state index contributed by atoms with van der Waals surface area (Å²) in [6, 6.07) is 12.2. The van der Waals surface area contributed by atoms with Gasteiger partial charge in [-0.05, 0) is 42.3 Å². The van der Waals surface area contributed by atoms with Crippen LogP contribution in [-0.2, 0) is 11.3 Å². The van der Waals surface area contributed by atoms with Gasteiger partial charge in [0.2, 0.25) is 0 Å². The van der Waals surface area contributed by atoms with Crippen LogP contribution < -0.4 is 10.1 Å². The van der Waals surface area contributed by atoms with Gasteiger partial charge in [-0.3, -0.25) is 4.79 Å². The minimum Gasteiger partial charge on any atom is -0.490 e. The van der Waals surface area contributed by atoms with Crippen molar-refractivity contribution >= 4 is 35.2 Å². The fourth-order valence-electron chi connectivity index (χ4n) is 3.29. The van der Waals surface area contributed by atoms with Gasteiger partial charge in [-0.2, -0.15) is 0 Å². The van der Waals surface area contributed by atoms with Gasteiger partial charge in [0.1, 0.15) is 11.9 Å². The van der Waals surface area contributed by atoms with Gasteiger partial charge >= 0.3 is 12.0 Å². The average Bonchev–Trinajstić information content (AvgIpc) is 2.73. The summed E-state index contributed by atoms with van der Waals surface area (Å²) in [5, 5.41) is 13.1. The van der Waals surface area contributed by atoms with Crippen molar-refractivity contribution < 1.29 is 19.4 Å². The maximum atomic E-state index is 12.4. The third kappa shape index (κ3) is 5.80. The molecule has 30 heavy (non-hydrogen) atoms. The minimum absolute atomic E-state index is 0.0162. The largest absolute Gasteiger partial charge is 0.490 e. The second-order valence-electron chi connectivity index (χ2n) is 7.33. The van der Waals surface area contributed by atoms with Crippen molar-refractivity contribution in [2.24, 2.45) is 0 Å². The molecule has 1 heterocycles. The third-order valence-electron chi connectivity index (χ3n) is 5.23. The van der Waals surface area contributed by atoms with Crippen LogP contribution in [0.25, 0.3) is 0 Å². The number of halogens is 2. The zero-order chi connectivity index (χ0) is 21.7. The normalized spacial score (nSPS) is 15.5.